The second-order valence-corrected chi connectivity index (χ2v) is 11.5. The molecule has 47 heavy (non-hydrogen) atoms. The van der Waals surface area contributed by atoms with Crippen molar-refractivity contribution < 1.29 is 18.7 Å². The topological polar surface area (TPSA) is 151 Å². The van der Waals surface area contributed by atoms with Gasteiger partial charge in [-0.25, -0.2) is 29.1 Å². The van der Waals surface area contributed by atoms with Gasteiger partial charge in [0.25, 0.3) is 5.91 Å². The zero-order chi connectivity index (χ0) is 32.3. The molecule has 13 heteroatoms. The first-order chi connectivity index (χ1) is 22.9. The average Bonchev–Trinajstić information content (AvgIpc) is 3.55. The highest BCUT2D eigenvalue weighted by atomic mass is 19.1. The van der Waals surface area contributed by atoms with Crippen LogP contribution < -0.4 is 21.3 Å². The number of rotatable bonds is 6. The molecule has 12 nitrogen and oxygen atoms in total. The molecule has 0 aliphatic carbocycles. The quantitative estimate of drug-likeness (QED) is 0.245. The van der Waals surface area contributed by atoms with Crippen LogP contribution in [0.4, 0.5) is 26.4 Å². The Morgan fingerprint density at radius 3 is 2.36 bits per heavy atom. The Morgan fingerprint density at radius 1 is 0.872 bits per heavy atom. The number of morpholine rings is 1. The van der Waals surface area contributed by atoms with Gasteiger partial charge in [0.1, 0.15) is 18.0 Å². The lowest BCUT2D eigenvalue weighted by atomic mass is 10.1. The largest absolute Gasteiger partial charge is 0.378 e. The van der Waals surface area contributed by atoms with Crippen molar-refractivity contribution in [2.45, 2.75) is 12.5 Å². The van der Waals surface area contributed by atoms with Crippen LogP contribution in [-0.2, 0) is 4.74 Å². The fraction of sp³-hybridized carbons (Fsp3) is 0.235. The van der Waals surface area contributed by atoms with Crippen molar-refractivity contribution in [2.75, 3.05) is 54.9 Å². The molecule has 2 aromatic heterocycles. The zero-order valence-corrected chi connectivity index (χ0v) is 25.4. The molecule has 0 radical (unpaired) electrons. The van der Waals surface area contributed by atoms with Gasteiger partial charge in [0, 0.05) is 72.4 Å². The minimum atomic E-state index is -0.644. The van der Waals surface area contributed by atoms with Crippen LogP contribution in [0.1, 0.15) is 16.8 Å². The molecule has 238 valence electrons. The van der Waals surface area contributed by atoms with Gasteiger partial charge in [0.15, 0.2) is 5.82 Å². The van der Waals surface area contributed by atoms with E-state index >= 15 is 4.39 Å². The van der Waals surface area contributed by atoms with Crippen LogP contribution in [0.25, 0.3) is 33.4 Å². The number of amides is 3. The summed E-state index contributed by atoms with van der Waals surface area (Å²) in [7, 11) is 0. The van der Waals surface area contributed by atoms with E-state index in [2.05, 4.69) is 25.5 Å². The summed E-state index contributed by atoms with van der Waals surface area (Å²) >= 11 is 0. The molecule has 0 bridgehead atoms. The first kappa shape index (κ1) is 30.1. The number of fused-ring (bicyclic) bond motifs is 1. The van der Waals surface area contributed by atoms with Crippen LogP contribution >= 0.6 is 0 Å². The van der Waals surface area contributed by atoms with Crippen LogP contribution in [0.3, 0.4) is 0 Å². The van der Waals surface area contributed by atoms with E-state index in [-0.39, 0.29) is 17.6 Å². The van der Waals surface area contributed by atoms with Crippen molar-refractivity contribution in [1.29, 1.82) is 0 Å². The fourth-order valence-corrected chi connectivity index (χ4v) is 5.78. The summed E-state index contributed by atoms with van der Waals surface area (Å²) in [6.45, 7) is 3.63. The van der Waals surface area contributed by atoms with Gasteiger partial charge in [0.05, 0.1) is 24.4 Å². The number of hydrogen-bond donors (Lipinski definition) is 3. The second-order valence-electron chi connectivity index (χ2n) is 11.5. The van der Waals surface area contributed by atoms with Crippen molar-refractivity contribution in [3.8, 4) is 22.5 Å². The summed E-state index contributed by atoms with van der Waals surface area (Å²) in [6, 6.07) is 16.3. The third-order valence-corrected chi connectivity index (χ3v) is 8.26. The van der Waals surface area contributed by atoms with Crippen molar-refractivity contribution in [2.24, 2.45) is 5.73 Å². The molecule has 1 unspecified atom stereocenters. The molecule has 5 aromatic rings. The molecule has 0 spiro atoms. The molecular formula is C34H32FN9O3. The Labute approximate surface area is 269 Å². The van der Waals surface area contributed by atoms with Gasteiger partial charge in [-0.2, -0.15) is 0 Å². The Hall–Kier alpha value is -5.53. The minimum Gasteiger partial charge on any atom is -0.378 e. The van der Waals surface area contributed by atoms with Crippen LogP contribution in [-0.4, -0.2) is 82.2 Å². The average molecular weight is 634 g/mol. The van der Waals surface area contributed by atoms with Crippen LogP contribution in [0.5, 0.6) is 0 Å². The number of ether oxygens (including phenoxy) is 1. The third-order valence-electron chi connectivity index (χ3n) is 8.26. The highest BCUT2D eigenvalue weighted by molar-refractivity contribution is 6.01. The number of carbonyl (C=O) groups excluding carboxylic acids is 2. The summed E-state index contributed by atoms with van der Waals surface area (Å²) in [5.74, 6) is 0.341. The van der Waals surface area contributed by atoms with Gasteiger partial charge in [-0.15, -0.1) is 0 Å². The van der Waals surface area contributed by atoms with Gasteiger partial charge >= 0.3 is 6.03 Å². The Morgan fingerprint density at radius 2 is 1.64 bits per heavy atom. The molecule has 3 amide bonds. The van der Waals surface area contributed by atoms with Crippen LogP contribution in [0, 0.1) is 5.82 Å². The molecule has 2 fully saturated rings. The Bertz CT molecular complexity index is 1940. The van der Waals surface area contributed by atoms with E-state index in [1.54, 1.807) is 47.6 Å². The number of urea groups is 1. The zero-order valence-electron chi connectivity index (χ0n) is 25.4. The predicted octanol–water partition coefficient (Wildman–Crippen LogP) is 4.55. The maximum absolute atomic E-state index is 15.4. The molecule has 2 aliphatic heterocycles. The van der Waals surface area contributed by atoms with Crippen LogP contribution in [0.2, 0.25) is 0 Å². The number of nitrogens with two attached hydrogens (primary N) is 1. The Balaban J connectivity index is 1.10. The Kier molecular flexibility index (Phi) is 8.38. The highest BCUT2D eigenvalue weighted by Gasteiger charge is 2.24. The third kappa shape index (κ3) is 6.57. The van der Waals surface area contributed by atoms with E-state index in [0.717, 1.165) is 28.8 Å². The molecule has 7 rings (SSSR count). The van der Waals surface area contributed by atoms with Crippen molar-refractivity contribution >= 4 is 40.0 Å². The van der Waals surface area contributed by atoms with E-state index in [1.165, 1.54) is 18.5 Å². The molecule has 4 N–H and O–H groups in total. The van der Waals surface area contributed by atoms with E-state index in [9.17, 15) is 9.59 Å². The number of nitrogens with zero attached hydrogens (tertiary/aromatic N) is 6. The molecule has 2 aliphatic rings. The number of anilines is 3. The normalized spacial score (nSPS) is 16.3. The number of benzene rings is 3. The van der Waals surface area contributed by atoms with Gasteiger partial charge in [-0.05, 0) is 66.6 Å². The van der Waals surface area contributed by atoms with E-state index in [0.29, 0.717) is 67.5 Å². The van der Waals surface area contributed by atoms with Crippen molar-refractivity contribution in [3.63, 3.8) is 0 Å². The number of nitrogens with one attached hydrogen (secondary N) is 2. The first-order valence-electron chi connectivity index (χ1n) is 15.3. The number of hydrogen-bond acceptors (Lipinski definition) is 9. The lowest BCUT2D eigenvalue weighted by molar-refractivity contribution is 0.0791. The molecule has 3 aromatic carbocycles. The first-order valence-corrected chi connectivity index (χ1v) is 15.3. The van der Waals surface area contributed by atoms with Gasteiger partial charge in [-0.3, -0.25) is 4.79 Å². The highest BCUT2D eigenvalue weighted by Crippen LogP contribution is 2.32. The summed E-state index contributed by atoms with van der Waals surface area (Å²) in [5.41, 5.74) is 9.75. The molecular weight excluding hydrogens is 601 g/mol. The minimum absolute atomic E-state index is 0.00485. The number of likely N-dealkylation sites (tertiary alicyclic amines) is 1. The van der Waals surface area contributed by atoms with Gasteiger partial charge in [-0.1, -0.05) is 6.07 Å². The molecule has 2 saturated heterocycles. The summed E-state index contributed by atoms with van der Waals surface area (Å²) in [5, 5.41) is 6.10. The lowest BCUT2D eigenvalue weighted by Gasteiger charge is -2.29. The monoisotopic (exact) mass is 633 g/mol. The van der Waals surface area contributed by atoms with E-state index < -0.39 is 11.8 Å². The SMILES string of the molecule is NC1CCN(C(=O)c2ccc(NC(=O)Nc3ccc(-c4nc(N5CCOCC5)c5ccc(-c6cncnc6)cc5n4)cc3F)cc2)C1. The number of carbonyl (C=O) groups is 2. The van der Waals surface area contributed by atoms with E-state index in [4.69, 9.17) is 20.4 Å². The number of aromatic nitrogens is 4. The van der Waals surface area contributed by atoms with E-state index in [1.807, 2.05) is 18.2 Å². The summed E-state index contributed by atoms with van der Waals surface area (Å²) < 4.78 is 21.0. The number of halogens is 1. The molecule has 4 heterocycles. The maximum atomic E-state index is 15.4. The summed E-state index contributed by atoms with van der Waals surface area (Å²) in [6.07, 6.45) is 5.72. The molecule has 1 atom stereocenters. The maximum Gasteiger partial charge on any atom is 0.323 e. The van der Waals surface area contributed by atoms with Crippen molar-refractivity contribution in [1.82, 2.24) is 24.8 Å². The smallest absolute Gasteiger partial charge is 0.323 e. The van der Waals surface area contributed by atoms with Crippen molar-refractivity contribution in [3.05, 3.63) is 90.8 Å². The van der Waals surface area contributed by atoms with Crippen LogP contribution in [0.15, 0.2) is 79.4 Å². The van der Waals surface area contributed by atoms with Gasteiger partial charge < -0.3 is 30.9 Å². The fourth-order valence-electron chi connectivity index (χ4n) is 5.78. The predicted molar refractivity (Wildman–Crippen MR) is 177 cm³/mol. The lowest BCUT2D eigenvalue weighted by Crippen LogP contribution is -2.37. The molecule has 0 saturated carbocycles. The standard InChI is InChI=1S/C34H32FN9O3/c35-28-15-23(4-8-29(28)41-34(46)39-26-5-1-21(2-6-26)33(45)44-10-9-25(36)19-44)31-40-30-16-22(24-17-37-20-38-18-24)3-7-27(30)32(42-31)43-11-13-47-14-12-43/h1-8,15-18,20,25H,9-14,19,36H2,(H2,39,41,46). The van der Waals surface area contributed by atoms with Gasteiger partial charge in [0.2, 0.25) is 0 Å². The summed E-state index contributed by atoms with van der Waals surface area (Å²) in [4.78, 5) is 47.2. The second kappa shape index (κ2) is 13.1.